The highest BCUT2D eigenvalue weighted by molar-refractivity contribution is 5.94. The first-order valence-electron chi connectivity index (χ1n) is 10.6. The number of amides is 1. The Morgan fingerprint density at radius 3 is 2.37 bits per heavy atom. The largest absolute Gasteiger partial charge is 0.462 e. The lowest BCUT2D eigenvalue weighted by molar-refractivity contribution is -0.121. The number of anilines is 1. The van der Waals surface area contributed by atoms with E-state index in [1.807, 2.05) is 6.92 Å². The van der Waals surface area contributed by atoms with Gasteiger partial charge in [-0.2, -0.15) is 0 Å². The van der Waals surface area contributed by atoms with Crippen LogP contribution >= 0.6 is 0 Å². The molecule has 1 saturated heterocycles. The van der Waals surface area contributed by atoms with Crippen molar-refractivity contribution >= 4 is 17.6 Å². The molecule has 0 aliphatic carbocycles. The Morgan fingerprint density at radius 2 is 1.73 bits per heavy atom. The summed E-state index contributed by atoms with van der Waals surface area (Å²) in [6, 6.07) is 13.4. The normalized spacial score (nSPS) is 15.0. The zero-order chi connectivity index (χ0) is 21.3. The molecule has 0 radical (unpaired) electrons. The van der Waals surface area contributed by atoms with E-state index in [4.69, 9.17) is 4.74 Å². The van der Waals surface area contributed by atoms with Crippen LogP contribution in [0.4, 0.5) is 10.1 Å². The summed E-state index contributed by atoms with van der Waals surface area (Å²) in [5.41, 5.74) is 2.24. The van der Waals surface area contributed by atoms with Gasteiger partial charge in [-0.25, -0.2) is 9.18 Å². The number of ether oxygens (including phenoxy) is 1. The van der Waals surface area contributed by atoms with E-state index in [0.29, 0.717) is 17.9 Å². The fraction of sp³-hybridized carbons (Fsp3) is 0.417. The summed E-state index contributed by atoms with van der Waals surface area (Å²) in [5, 5.41) is 2.95. The molecule has 0 saturated carbocycles. The van der Waals surface area contributed by atoms with Gasteiger partial charge in [-0.1, -0.05) is 25.5 Å². The number of unbranched alkanes of at least 4 members (excludes halogenated alkanes) is 1. The second-order valence-corrected chi connectivity index (χ2v) is 7.73. The third-order valence-corrected chi connectivity index (χ3v) is 5.40. The third kappa shape index (κ3) is 6.39. The summed E-state index contributed by atoms with van der Waals surface area (Å²) in [6.45, 7) is 4.90. The monoisotopic (exact) mass is 412 g/mol. The van der Waals surface area contributed by atoms with Crippen LogP contribution in [0, 0.1) is 11.7 Å². The van der Waals surface area contributed by atoms with Crippen molar-refractivity contribution in [2.24, 2.45) is 5.92 Å². The number of piperidine rings is 1. The number of nitrogens with one attached hydrogen (secondary N) is 1. The van der Waals surface area contributed by atoms with Gasteiger partial charge in [0, 0.05) is 18.2 Å². The van der Waals surface area contributed by atoms with Gasteiger partial charge in [0.25, 0.3) is 0 Å². The minimum absolute atomic E-state index is 0.00899. The predicted octanol–water partition coefficient (Wildman–Crippen LogP) is 4.63. The molecule has 0 bridgehead atoms. The fourth-order valence-corrected chi connectivity index (χ4v) is 3.53. The van der Waals surface area contributed by atoms with Gasteiger partial charge in [0.05, 0.1) is 12.2 Å². The number of nitrogens with zero attached hydrogens (tertiary/aromatic N) is 1. The van der Waals surface area contributed by atoms with Crippen molar-refractivity contribution in [1.82, 2.24) is 4.90 Å². The zero-order valence-electron chi connectivity index (χ0n) is 17.4. The van der Waals surface area contributed by atoms with Crippen molar-refractivity contribution in [1.29, 1.82) is 0 Å². The average Bonchev–Trinajstić information content (AvgIpc) is 2.76. The van der Waals surface area contributed by atoms with Crippen molar-refractivity contribution in [2.75, 3.05) is 25.0 Å². The molecule has 0 spiro atoms. The molecule has 1 fully saturated rings. The number of esters is 1. The third-order valence-electron chi connectivity index (χ3n) is 5.40. The molecule has 0 aromatic heterocycles. The molecule has 1 amide bonds. The molecule has 6 heteroatoms. The van der Waals surface area contributed by atoms with E-state index in [0.717, 1.165) is 50.9 Å². The lowest BCUT2D eigenvalue weighted by Gasteiger charge is -2.31. The summed E-state index contributed by atoms with van der Waals surface area (Å²) in [7, 11) is 0. The van der Waals surface area contributed by atoms with Crippen LogP contribution in [0.2, 0.25) is 0 Å². The first kappa shape index (κ1) is 22.0. The van der Waals surface area contributed by atoms with Crippen molar-refractivity contribution in [3.05, 3.63) is 65.5 Å². The Bertz CT molecular complexity index is 829. The topological polar surface area (TPSA) is 58.6 Å². The summed E-state index contributed by atoms with van der Waals surface area (Å²) in [5.74, 6) is -0.590. The summed E-state index contributed by atoms with van der Waals surface area (Å²) >= 11 is 0. The smallest absolute Gasteiger partial charge is 0.338 e. The Balaban J connectivity index is 1.44. The van der Waals surface area contributed by atoms with Crippen molar-refractivity contribution < 1.29 is 18.7 Å². The number of likely N-dealkylation sites (tertiary alicyclic amines) is 1. The maximum absolute atomic E-state index is 13.0. The molecule has 1 heterocycles. The lowest BCUT2D eigenvalue weighted by Crippen LogP contribution is -2.37. The summed E-state index contributed by atoms with van der Waals surface area (Å²) in [6.07, 6.45) is 3.40. The number of rotatable bonds is 8. The van der Waals surface area contributed by atoms with Crippen LogP contribution in [0.5, 0.6) is 0 Å². The molecule has 1 N–H and O–H groups in total. The van der Waals surface area contributed by atoms with Crippen LogP contribution in [0.25, 0.3) is 0 Å². The number of hydrogen-bond donors (Lipinski definition) is 1. The summed E-state index contributed by atoms with van der Waals surface area (Å²) < 4.78 is 18.2. The predicted molar refractivity (Wildman–Crippen MR) is 115 cm³/mol. The molecular formula is C24H29FN2O3. The molecule has 2 aromatic rings. The highest BCUT2D eigenvalue weighted by atomic mass is 19.1. The van der Waals surface area contributed by atoms with Crippen LogP contribution < -0.4 is 5.32 Å². The molecule has 5 nitrogen and oxygen atoms in total. The molecule has 2 aromatic carbocycles. The molecule has 1 aliphatic heterocycles. The van der Waals surface area contributed by atoms with Crippen molar-refractivity contribution in [3.63, 3.8) is 0 Å². The molecule has 0 unspecified atom stereocenters. The Morgan fingerprint density at radius 1 is 1.07 bits per heavy atom. The first-order chi connectivity index (χ1) is 14.5. The maximum Gasteiger partial charge on any atom is 0.338 e. The van der Waals surface area contributed by atoms with Gasteiger partial charge in [-0.15, -0.1) is 0 Å². The van der Waals surface area contributed by atoms with Crippen molar-refractivity contribution in [3.8, 4) is 0 Å². The van der Waals surface area contributed by atoms with Gasteiger partial charge >= 0.3 is 5.97 Å². The first-order valence-corrected chi connectivity index (χ1v) is 10.6. The van der Waals surface area contributed by atoms with Crippen LogP contribution in [-0.2, 0) is 16.1 Å². The standard InChI is InChI=1S/C24H29FN2O3/c1-2-3-16-30-24(29)20-6-10-22(11-7-20)26-23(28)19-12-14-27(15-13-19)17-18-4-8-21(25)9-5-18/h4-11,19H,2-3,12-17H2,1H3,(H,26,28). The van der Waals surface area contributed by atoms with Gasteiger partial charge in [0.2, 0.25) is 5.91 Å². The number of carbonyl (C=O) groups excluding carboxylic acids is 2. The van der Waals surface area contributed by atoms with Gasteiger partial charge in [0.1, 0.15) is 5.82 Å². The quantitative estimate of drug-likeness (QED) is 0.507. The van der Waals surface area contributed by atoms with E-state index in [1.165, 1.54) is 12.1 Å². The maximum atomic E-state index is 13.0. The van der Waals surface area contributed by atoms with Gasteiger partial charge in [-0.3, -0.25) is 9.69 Å². The minimum atomic E-state index is -0.338. The highest BCUT2D eigenvalue weighted by Crippen LogP contribution is 2.21. The fourth-order valence-electron chi connectivity index (χ4n) is 3.53. The Labute approximate surface area is 177 Å². The SMILES string of the molecule is CCCCOC(=O)c1ccc(NC(=O)C2CCN(Cc3ccc(F)cc3)CC2)cc1. The van der Waals surface area contributed by atoms with Gasteiger partial charge in [-0.05, 0) is 74.3 Å². The number of carbonyl (C=O) groups is 2. The van der Waals surface area contributed by atoms with E-state index in [2.05, 4.69) is 10.2 Å². The van der Waals surface area contributed by atoms with Crippen LogP contribution in [-0.4, -0.2) is 36.5 Å². The molecular weight excluding hydrogens is 383 g/mol. The minimum Gasteiger partial charge on any atom is -0.462 e. The number of benzene rings is 2. The summed E-state index contributed by atoms with van der Waals surface area (Å²) in [4.78, 5) is 26.8. The number of halogens is 1. The Kier molecular flexibility index (Phi) is 7.97. The molecule has 30 heavy (non-hydrogen) atoms. The average molecular weight is 413 g/mol. The second-order valence-electron chi connectivity index (χ2n) is 7.73. The zero-order valence-corrected chi connectivity index (χ0v) is 17.4. The van der Waals surface area contributed by atoms with E-state index >= 15 is 0 Å². The van der Waals surface area contributed by atoms with Crippen molar-refractivity contribution in [2.45, 2.75) is 39.2 Å². The van der Waals surface area contributed by atoms with E-state index in [-0.39, 0.29) is 23.6 Å². The molecule has 0 atom stereocenters. The lowest BCUT2D eigenvalue weighted by atomic mass is 9.95. The second kappa shape index (κ2) is 10.9. The van der Waals surface area contributed by atoms with E-state index < -0.39 is 0 Å². The molecule has 160 valence electrons. The van der Waals surface area contributed by atoms with E-state index in [9.17, 15) is 14.0 Å². The molecule has 1 aliphatic rings. The number of hydrogen-bond acceptors (Lipinski definition) is 4. The Hall–Kier alpha value is -2.73. The van der Waals surface area contributed by atoms with Crippen LogP contribution in [0.15, 0.2) is 48.5 Å². The highest BCUT2D eigenvalue weighted by Gasteiger charge is 2.25. The van der Waals surface area contributed by atoms with Crippen LogP contribution in [0.1, 0.15) is 48.5 Å². The van der Waals surface area contributed by atoms with Gasteiger partial charge in [0.15, 0.2) is 0 Å². The van der Waals surface area contributed by atoms with Crippen LogP contribution in [0.3, 0.4) is 0 Å². The molecule has 3 rings (SSSR count). The van der Waals surface area contributed by atoms with E-state index in [1.54, 1.807) is 36.4 Å². The van der Waals surface area contributed by atoms with Gasteiger partial charge < -0.3 is 10.1 Å².